The van der Waals surface area contributed by atoms with Crippen molar-refractivity contribution in [3.63, 3.8) is 0 Å². The number of carbonyl (C=O) groups is 1. The van der Waals surface area contributed by atoms with Crippen molar-refractivity contribution >= 4 is 40.4 Å². The number of carbonyl (C=O) groups excluding carboxylic acids is 1. The molecule has 1 saturated heterocycles. The van der Waals surface area contributed by atoms with Crippen molar-refractivity contribution < 1.29 is 9.90 Å². The summed E-state index contributed by atoms with van der Waals surface area (Å²) in [4.78, 5) is 14.6. The number of aliphatic hydroxyl groups is 1. The van der Waals surface area contributed by atoms with Gasteiger partial charge in [-0.25, -0.2) is 8.96 Å². The van der Waals surface area contributed by atoms with Crippen LogP contribution in [0, 0.1) is 5.41 Å². The highest BCUT2D eigenvalue weighted by Gasteiger charge is 2.40. The minimum atomic E-state index is -0.520. The average molecular weight is 481 g/mol. The summed E-state index contributed by atoms with van der Waals surface area (Å²) in [6.07, 6.45) is -0.268. The minimum absolute atomic E-state index is 0.00996. The van der Waals surface area contributed by atoms with E-state index in [1.165, 1.54) is 0 Å². The molecule has 0 spiro atoms. The summed E-state index contributed by atoms with van der Waals surface area (Å²) < 4.78 is 3.08. The molecule has 2 rings (SSSR count). The molecular formula is C17H26ClIN4O2. The highest BCUT2D eigenvalue weighted by atomic mass is 127. The molecule has 1 aliphatic heterocycles. The van der Waals surface area contributed by atoms with E-state index in [0.29, 0.717) is 24.5 Å². The van der Waals surface area contributed by atoms with Gasteiger partial charge >= 0.3 is 0 Å². The van der Waals surface area contributed by atoms with Gasteiger partial charge in [0.1, 0.15) is 6.04 Å². The number of aliphatic hydroxyl groups excluding tert-OH is 1. The van der Waals surface area contributed by atoms with E-state index in [9.17, 15) is 9.90 Å². The van der Waals surface area contributed by atoms with E-state index in [2.05, 4.69) is 14.4 Å². The summed E-state index contributed by atoms with van der Waals surface area (Å²) in [5.74, 6) is -0.00996. The maximum absolute atomic E-state index is 12.9. The van der Waals surface area contributed by atoms with E-state index >= 15 is 0 Å². The second kappa shape index (κ2) is 8.96. The summed E-state index contributed by atoms with van der Waals surface area (Å²) >= 11 is 7.91. The predicted molar refractivity (Wildman–Crippen MR) is 108 cm³/mol. The molecule has 0 saturated carbocycles. The number of amides is 1. The van der Waals surface area contributed by atoms with Crippen LogP contribution >= 0.6 is 34.5 Å². The number of hydrogen-bond acceptors (Lipinski definition) is 5. The first-order valence-corrected chi connectivity index (χ1v) is 9.75. The van der Waals surface area contributed by atoms with Crippen LogP contribution in [0.1, 0.15) is 32.8 Å². The molecule has 0 unspecified atom stereocenters. The molecule has 1 heterocycles. The van der Waals surface area contributed by atoms with Crippen LogP contribution in [0.3, 0.4) is 0 Å². The van der Waals surface area contributed by atoms with Gasteiger partial charge in [-0.15, -0.1) is 0 Å². The molecular weight excluding hydrogens is 455 g/mol. The number of rotatable bonds is 6. The van der Waals surface area contributed by atoms with Gasteiger partial charge in [0.05, 0.1) is 12.3 Å². The Labute approximate surface area is 168 Å². The van der Waals surface area contributed by atoms with Crippen molar-refractivity contribution in [2.75, 3.05) is 6.54 Å². The zero-order valence-corrected chi connectivity index (χ0v) is 17.6. The van der Waals surface area contributed by atoms with Crippen LogP contribution in [0.25, 0.3) is 0 Å². The SMILES string of the molecule is CC(C)(C)[C@H](NI)C(=O)N1C[C@H](O)C[C@H]1NNCc1ccc(Cl)cc1. The van der Waals surface area contributed by atoms with Crippen LogP contribution in [0.2, 0.25) is 5.02 Å². The average Bonchev–Trinajstić information content (AvgIpc) is 2.89. The first kappa shape index (κ1) is 20.9. The van der Waals surface area contributed by atoms with Crippen LogP contribution in [0.4, 0.5) is 0 Å². The van der Waals surface area contributed by atoms with E-state index < -0.39 is 6.10 Å². The Balaban J connectivity index is 1.96. The van der Waals surface area contributed by atoms with E-state index in [0.717, 1.165) is 5.56 Å². The summed E-state index contributed by atoms with van der Waals surface area (Å²) in [5.41, 5.74) is 7.18. The van der Waals surface area contributed by atoms with E-state index in [4.69, 9.17) is 11.6 Å². The Morgan fingerprint density at radius 1 is 1.40 bits per heavy atom. The molecule has 8 heteroatoms. The number of halogens is 2. The molecule has 0 aliphatic carbocycles. The lowest BCUT2D eigenvalue weighted by Gasteiger charge is -2.34. The predicted octanol–water partition coefficient (Wildman–Crippen LogP) is 2.21. The number of β-amino-alcohol motifs (C(OH)–C–C–N with tert-alkyl or cyclic N) is 1. The third-order valence-electron chi connectivity index (χ3n) is 4.26. The van der Waals surface area contributed by atoms with Gasteiger partial charge in [0.2, 0.25) is 5.91 Å². The van der Waals surface area contributed by atoms with Gasteiger partial charge in [0, 0.05) is 47.4 Å². The molecule has 0 radical (unpaired) electrons. The Bertz CT molecular complexity index is 579. The molecule has 6 nitrogen and oxygen atoms in total. The molecule has 1 fully saturated rings. The first-order chi connectivity index (χ1) is 11.7. The van der Waals surface area contributed by atoms with E-state index in [1.807, 2.05) is 67.9 Å². The van der Waals surface area contributed by atoms with E-state index in [1.54, 1.807) is 4.90 Å². The number of hydrazine groups is 1. The van der Waals surface area contributed by atoms with Crippen LogP contribution in [0.5, 0.6) is 0 Å². The third kappa shape index (κ3) is 5.77. The Kier molecular flexibility index (Phi) is 7.48. The molecule has 3 atom stereocenters. The van der Waals surface area contributed by atoms with Crippen molar-refractivity contribution in [2.24, 2.45) is 5.41 Å². The fourth-order valence-corrected chi connectivity index (χ4v) is 4.14. The third-order valence-corrected chi connectivity index (χ3v) is 5.13. The fourth-order valence-electron chi connectivity index (χ4n) is 2.81. The molecule has 0 bridgehead atoms. The van der Waals surface area contributed by atoms with Crippen molar-refractivity contribution in [1.29, 1.82) is 0 Å². The first-order valence-electron chi connectivity index (χ1n) is 8.30. The lowest BCUT2D eigenvalue weighted by atomic mass is 9.86. The molecule has 1 aliphatic rings. The van der Waals surface area contributed by atoms with Gasteiger partial charge in [-0.1, -0.05) is 44.5 Å². The van der Waals surface area contributed by atoms with Crippen LogP contribution < -0.4 is 14.4 Å². The summed E-state index contributed by atoms with van der Waals surface area (Å²) in [7, 11) is 0. The molecule has 140 valence electrons. The van der Waals surface area contributed by atoms with E-state index in [-0.39, 0.29) is 23.5 Å². The molecule has 1 aromatic rings. The van der Waals surface area contributed by atoms with Crippen molar-refractivity contribution in [1.82, 2.24) is 19.3 Å². The molecule has 1 amide bonds. The van der Waals surface area contributed by atoms with Crippen LogP contribution in [-0.4, -0.2) is 40.8 Å². The Morgan fingerprint density at radius 3 is 2.60 bits per heavy atom. The summed E-state index contributed by atoms with van der Waals surface area (Å²) in [6.45, 7) is 7.00. The molecule has 25 heavy (non-hydrogen) atoms. The minimum Gasteiger partial charge on any atom is -0.391 e. The van der Waals surface area contributed by atoms with Gasteiger partial charge in [-0.2, -0.15) is 0 Å². The number of nitrogens with one attached hydrogen (secondary N) is 3. The topological polar surface area (TPSA) is 76.6 Å². The normalized spacial score (nSPS) is 22.2. The van der Waals surface area contributed by atoms with Gasteiger partial charge < -0.3 is 10.0 Å². The Morgan fingerprint density at radius 2 is 2.04 bits per heavy atom. The van der Waals surface area contributed by atoms with Crippen molar-refractivity contribution in [3.8, 4) is 0 Å². The second-order valence-corrected chi connectivity index (χ2v) is 8.49. The van der Waals surface area contributed by atoms with Crippen molar-refractivity contribution in [3.05, 3.63) is 34.9 Å². The summed E-state index contributed by atoms with van der Waals surface area (Å²) in [5, 5.41) is 10.7. The smallest absolute Gasteiger partial charge is 0.242 e. The van der Waals surface area contributed by atoms with Gasteiger partial charge in [0.15, 0.2) is 0 Å². The van der Waals surface area contributed by atoms with Crippen LogP contribution in [-0.2, 0) is 11.3 Å². The lowest BCUT2D eigenvalue weighted by Crippen LogP contribution is -2.56. The van der Waals surface area contributed by atoms with Crippen molar-refractivity contribution in [2.45, 2.75) is 52.0 Å². The maximum atomic E-state index is 12.9. The van der Waals surface area contributed by atoms with Gasteiger partial charge in [-0.3, -0.25) is 10.2 Å². The molecule has 4 N–H and O–H groups in total. The zero-order chi connectivity index (χ0) is 18.6. The number of likely N-dealkylation sites (tertiary alicyclic amines) is 1. The zero-order valence-electron chi connectivity index (χ0n) is 14.7. The standard InChI is InChI=1S/C17H26ClIN4O2/c1-17(2,3)15(21-19)16(25)23-10-13(24)8-14(23)22-20-9-11-4-6-12(18)7-5-11/h4-7,13-15,20-22,24H,8-10H2,1-3H3/t13-,14+,15-/m1/s1. The lowest BCUT2D eigenvalue weighted by molar-refractivity contribution is -0.137. The highest BCUT2D eigenvalue weighted by molar-refractivity contribution is 14.1. The van der Waals surface area contributed by atoms with Crippen LogP contribution in [0.15, 0.2) is 24.3 Å². The fraction of sp³-hybridized carbons (Fsp3) is 0.588. The number of benzene rings is 1. The summed E-state index contributed by atoms with van der Waals surface area (Å²) in [6, 6.07) is 7.25. The van der Waals surface area contributed by atoms with Gasteiger partial charge in [-0.05, 0) is 23.1 Å². The monoisotopic (exact) mass is 480 g/mol. The largest absolute Gasteiger partial charge is 0.391 e. The quantitative estimate of drug-likeness (QED) is 0.285. The maximum Gasteiger partial charge on any atom is 0.242 e. The number of nitrogens with zero attached hydrogens (tertiary/aromatic N) is 1. The highest BCUT2D eigenvalue weighted by Crippen LogP contribution is 2.25. The number of hydrogen-bond donors (Lipinski definition) is 4. The second-order valence-electron chi connectivity index (χ2n) is 7.43. The Hall–Kier alpha value is -0.450. The van der Waals surface area contributed by atoms with Gasteiger partial charge in [0.25, 0.3) is 0 Å². The molecule has 1 aromatic carbocycles. The molecule has 0 aromatic heterocycles.